The Morgan fingerprint density at radius 2 is 1.59 bits per heavy atom. The summed E-state index contributed by atoms with van der Waals surface area (Å²) < 4.78 is 102. The topological polar surface area (TPSA) is 99.6 Å². The van der Waals surface area contributed by atoms with E-state index in [0.717, 1.165) is 24.3 Å². The van der Waals surface area contributed by atoms with E-state index in [9.17, 15) is 45.1 Å². The van der Waals surface area contributed by atoms with Crippen LogP contribution in [0.4, 0.5) is 30.7 Å². The predicted molar refractivity (Wildman–Crippen MR) is 155 cm³/mol. The molecule has 0 spiro atoms. The van der Waals surface area contributed by atoms with Gasteiger partial charge in [-0.05, 0) is 62.4 Å². The molecule has 1 fully saturated rings. The largest absolute Gasteiger partial charge is 0.466 e. The third-order valence-corrected chi connectivity index (χ3v) is 7.73. The van der Waals surface area contributed by atoms with E-state index < -0.39 is 99.4 Å². The van der Waals surface area contributed by atoms with Gasteiger partial charge in [-0.2, -0.15) is 13.2 Å². The Labute approximate surface area is 269 Å². The molecule has 250 valence electrons. The lowest BCUT2D eigenvalue weighted by Gasteiger charge is -2.31. The first-order chi connectivity index (χ1) is 21.5. The van der Waals surface area contributed by atoms with Crippen LogP contribution in [0.2, 0.25) is 10.0 Å². The number of ketones is 1. The fourth-order valence-electron chi connectivity index (χ4n) is 5.02. The van der Waals surface area contributed by atoms with Crippen molar-refractivity contribution in [3.05, 3.63) is 80.0 Å². The molecule has 0 atom stereocenters. The predicted octanol–water partition coefficient (Wildman–Crippen LogP) is 7.60. The molecular formula is C30H28Cl2F7N3O4. The van der Waals surface area contributed by atoms with Crippen LogP contribution in [-0.4, -0.2) is 54.1 Å². The Bertz CT molecular complexity index is 1470. The van der Waals surface area contributed by atoms with E-state index in [2.05, 4.69) is 5.32 Å². The van der Waals surface area contributed by atoms with E-state index in [1.165, 1.54) is 0 Å². The number of nitrogens with zero attached hydrogens (tertiary/aromatic N) is 1. The number of allylic oxidation sites excluding steroid dienone is 1. The summed E-state index contributed by atoms with van der Waals surface area (Å²) in [4.78, 5) is 39.5. The number of nitrogens with one attached hydrogen (secondary N) is 2. The van der Waals surface area contributed by atoms with Gasteiger partial charge in [0.2, 0.25) is 0 Å². The van der Waals surface area contributed by atoms with Gasteiger partial charge < -0.3 is 20.4 Å². The Kier molecular flexibility index (Phi) is 12.6. The van der Waals surface area contributed by atoms with Crippen molar-refractivity contribution in [1.29, 1.82) is 5.41 Å². The fourth-order valence-corrected chi connectivity index (χ4v) is 5.74. The molecule has 1 aliphatic carbocycles. The maximum Gasteiger partial charge on any atom is 0.431 e. The fraction of sp³-hybridized carbons (Fsp3) is 0.400. The zero-order chi connectivity index (χ0) is 34.3. The van der Waals surface area contributed by atoms with E-state index in [-0.39, 0.29) is 44.1 Å². The number of Topliss-reactive ketones (excluding diaryl/α,β-unsaturated/α-hetero) is 1. The number of halogens is 9. The molecule has 0 aliphatic heterocycles. The van der Waals surface area contributed by atoms with Gasteiger partial charge in [-0.1, -0.05) is 23.2 Å². The SMILES string of the molecule is CCOC(=O)[C@H]1CC[C@H](N/C(=C(\C=N)C(=O)N(CC(=O)c2c(Cl)cc(C(F)F)cc2Cl)Cc2cc(F)cc(F)c2)C(F)(F)F)CC1. The number of ether oxygens (including phenoxy) is 1. The lowest BCUT2D eigenvalue weighted by Crippen LogP contribution is -2.43. The van der Waals surface area contributed by atoms with E-state index >= 15 is 0 Å². The van der Waals surface area contributed by atoms with Crippen molar-refractivity contribution in [2.45, 2.75) is 57.8 Å². The van der Waals surface area contributed by atoms with Gasteiger partial charge >= 0.3 is 12.1 Å². The van der Waals surface area contributed by atoms with Gasteiger partial charge in [-0.15, -0.1) is 0 Å². The van der Waals surface area contributed by atoms with Crippen LogP contribution >= 0.6 is 23.2 Å². The normalized spacial score (nSPS) is 17.3. The van der Waals surface area contributed by atoms with Gasteiger partial charge in [0.15, 0.2) is 5.78 Å². The Hall–Kier alpha value is -3.65. The van der Waals surface area contributed by atoms with E-state index in [1.807, 2.05) is 0 Å². The first kappa shape index (κ1) is 36.8. The molecule has 0 heterocycles. The number of hydrogen-bond donors (Lipinski definition) is 2. The first-order valence-electron chi connectivity index (χ1n) is 13.8. The second-order valence-corrected chi connectivity index (χ2v) is 11.2. The standard InChI is InChI=1S/C30H28Cl2F7N3O4/c1-2-46-29(45)16-3-5-20(6-4-16)41-26(30(37,38)39)21(12-40)28(44)42(13-15-7-18(33)11-19(34)8-15)14-24(43)25-22(31)9-17(27(35)36)10-23(25)32/h7-12,16,20,27,40-41H,2-6,13-14H2,1H3/b26-21+,40-12?/t16-,20-. The summed E-state index contributed by atoms with van der Waals surface area (Å²) >= 11 is 12.0. The molecule has 0 bridgehead atoms. The van der Waals surface area contributed by atoms with E-state index in [4.69, 9.17) is 33.3 Å². The molecule has 0 saturated heterocycles. The average Bonchev–Trinajstić information content (AvgIpc) is 2.95. The van der Waals surface area contributed by atoms with E-state index in [1.54, 1.807) is 6.92 Å². The van der Waals surface area contributed by atoms with Crippen LogP contribution in [-0.2, 0) is 20.9 Å². The average molecular weight is 698 g/mol. The number of esters is 1. The summed E-state index contributed by atoms with van der Waals surface area (Å²) in [5.41, 5.74) is -4.24. The molecule has 1 amide bonds. The van der Waals surface area contributed by atoms with E-state index in [0.29, 0.717) is 11.0 Å². The number of amides is 1. The molecule has 16 heteroatoms. The molecule has 46 heavy (non-hydrogen) atoms. The maximum atomic E-state index is 14.4. The zero-order valence-electron chi connectivity index (χ0n) is 24.1. The van der Waals surface area contributed by atoms with Gasteiger partial charge in [0, 0.05) is 30.4 Å². The molecule has 3 rings (SSSR count). The number of hydrogen-bond acceptors (Lipinski definition) is 6. The molecule has 2 N–H and O–H groups in total. The molecule has 1 aliphatic rings. The third kappa shape index (κ3) is 9.44. The summed E-state index contributed by atoms with van der Waals surface area (Å²) in [6.45, 7) is -0.118. The zero-order valence-corrected chi connectivity index (χ0v) is 25.6. The van der Waals surface area contributed by atoms with Crippen LogP contribution < -0.4 is 5.32 Å². The minimum absolute atomic E-state index is 0.0961. The second-order valence-electron chi connectivity index (χ2n) is 10.4. The molecule has 2 aromatic rings. The molecular weight excluding hydrogens is 670 g/mol. The highest BCUT2D eigenvalue weighted by atomic mass is 35.5. The van der Waals surface area contributed by atoms with Crippen molar-refractivity contribution in [2.75, 3.05) is 13.2 Å². The Balaban J connectivity index is 2.01. The minimum atomic E-state index is -5.21. The summed E-state index contributed by atoms with van der Waals surface area (Å²) in [7, 11) is 0. The van der Waals surface area contributed by atoms with Crippen LogP contribution in [0.15, 0.2) is 41.6 Å². The highest BCUT2D eigenvalue weighted by Gasteiger charge is 2.41. The summed E-state index contributed by atoms with van der Waals surface area (Å²) in [5, 5.41) is 8.92. The molecule has 0 aromatic heterocycles. The Morgan fingerprint density at radius 1 is 1.02 bits per heavy atom. The van der Waals surface area contributed by atoms with Crippen LogP contribution in [0, 0.1) is 23.0 Å². The monoisotopic (exact) mass is 697 g/mol. The smallest absolute Gasteiger partial charge is 0.431 e. The van der Waals surface area contributed by atoms with Crippen LogP contribution in [0.1, 0.15) is 60.5 Å². The van der Waals surface area contributed by atoms with Gasteiger partial charge in [0.1, 0.15) is 17.3 Å². The minimum Gasteiger partial charge on any atom is -0.466 e. The summed E-state index contributed by atoms with van der Waals surface area (Å²) in [6.07, 6.45) is -7.49. The number of carbonyl (C=O) groups is 3. The molecule has 0 radical (unpaired) electrons. The highest BCUT2D eigenvalue weighted by Crippen LogP contribution is 2.34. The molecule has 7 nitrogen and oxygen atoms in total. The lowest BCUT2D eigenvalue weighted by atomic mass is 9.86. The van der Waals surface area contributed by atoms with Gasteiger partial charge in [0.25, 0.3) is 12.3 Å². The summed E-state index contributed by atoms with van der Waals surface area (Å²) in [5.74, 6) is -5.76. The Morgan fingerprint density at radius 3 is 2.07 bits per heavy atom. The van der Waals surface area contributed by atoms with Crippen molar-refractivity contribution < 1.29 is 49.9 Å². The molecule has 2 aromatic carbocycles. The number of alkyl halides is 5. The van der Waals surface area contributed by atoms with Crippen molar-refractivity contribution >= 4 is 47.1 Å². The molecule has 0 unspecified atom stereocenters. The number of rotatable bonds is 12. The van der Waals surface area contributed by atoms with Crippen LogP contribution in [0.25, 0.3) is 0 Å². The van der Waals surface area contributed by atoms with Crippen molar-refractivity contribution in [3.63, 3.8) is 0 Å². The van der Waals surface area contributed by atoms with Crippen molar-refractivity contribution in [3.8, 4) is 0 Å². The second kappa shape index (κ2) is 15.8. The van der Waals surface area contributed by atoms with Gasteiger partial charge in [0.05, 0.1) is 40.3 Å². The third-order valence-electron chi connectivity index (χ3n) is 7.14. The molecule has 1 saturated carbocycles. The summed E-state index contributed by atoms with van der Waals surface area (Å²) in [6, 6.07) is 2.72. The van der Waals surface area contributed by atoms with Gasteiger partial charge in [-0.3, -0.25) is 14.4 Å². The highest BCUT2D eigenvalue weighted by molar-refractivity contribution is 6.40. The van der Waals surface area contributed by atoms with Crippen molar-refractivity contribution in [2.24, 2.45) is 5.92 Å². The first-order valence-corrected chi connectivity index (χ1v) is 14.6. The maximum absolute atomic E-state index is 14.4. The van der Waals surface area contributed by atoms with Gasteiger partial charge in [-0.25, -0.2) is 17.6 Å². The number of benzene rings is 2. The lowest BCUT2D eigenvalue weighted by molar-refractivity contribution is -0.149. The van der Waals surface area contributed by atoms with Crippen LogP contribution in [0.3, 0.4) is 0 Å². The number of carbonyl (C=O) groups excluding carboxylic acids is 3. The van der Waals surface area contributed by atoms with Crippen molar-refractivity contribution in [1.82, 2.24) is 10.2 Å². The van der Waals surface area contributed by atoms with Crippen LogP contribution in [0.5, 0.6) is 0 Å². The quantitative estimate of drug-likeness (QED) is 0.0783.